The van der Waals surface area contributed by atoms with Crippen molar-refractivity contribution in [3.63, 3.8) is 0 Å². The Morgan fingerprint density at radius 2 is 2.14 bits per heavy atom. The molecule has 9 heteroatoms. The number of aromatic nitrogens is 3. The van der Waals surface area contributed by atoms with Gasteiger partial charge < -0.3 is 19.1 Å². The predicted molar refractivity (Wildman–Crippen MR) is 103 cm³/mol. The third kappa shape index (κ3) is 4.80. The molecular weight excluding hydrogens is 376 g/mol. The van der Waals surface area contributed by atoms with Crippen LogP contribution in [0, 0.1) is 6.92 Å². The lowest BCUT2D eigenvalue weighted by molar-refractivity contribution is -0.139. The molecule has 1 amide bonds. The second-order valence-electron chi connectivity index (χ2n) is 7.45. The molecule has 0 aromatic carbocycles. The zero-order chi connectivity index (χ0) is 21.2. The van der Waals surface area contributed by atoms with E-state index in [2.05, 4.69) is 10.1 Å². The van der Waals surface area contributed by atoms with Crippen molar-refractivity contribution in [1.82, 2.24) is 19.7 Å². The van der Waals surface area contributed by atoms with Gasteiger partial charge in [0.2, 0.25) is 0 Å². The van der Waals surface area contributed by atoms with Gasteiger partial charge in [0.1, 0.15) is 6.10 Å². The van der Waals surface area contributed by atoms with Crippen LogP contribution in [0.3, 0.4) is 0 Å². The molecule has 0 bridgehead atoms. The van der Waals surface area contributed by atoms with Crippen molar-refractivity contribution in [3.8, 4) is 0 Å². The number of methoxy groups -OCH3 is 1. The Balaban J connectivity index is 1.91. The monoisotopic (exact) mass is 402 g/mol. The van der Waals surface area contributed by atoms with E-state index in [1.165, 1.54) is 25.6 Å². The highest BCUT2D eigenvalue weighted by Crippen LogP contribution is 2.24. The standard InChI is InChI=1S/C20H26N4O5/c1-13-8-14(23(4)22-13)10-24(11-15-12-28-20(2,3)29-15)18(25)17-9-21-7-6-16(17)19(26)27-5/h6-9,15H,10-12H2,1-5H3/t15-/m0/s1. The molecule has 0 aliphatic carbocycles. The number of hydrogen-bond donors (Lipinski definition) is 0. The minimum Gasteiger partial charge on any atom is -0.465 e. The van der Waals surface area contributed by atoms with Gasteiger partial charge in [-0.2, -0.15) is 5.10 Å². The molecule has 0 N–H and O–H groups in total. The van der Waals surface area contributed by atoms with Crippen LogP contribution in [0.25, 0.3) is 0 Å². The molecule has 2 aromatic rings. The van der Waals surface area contributed by atoms with E-state index in [1.807, 2.05) is 33.9 Å². The molecule has 9 nitrogen and oxygen atoms in total. The van der Waals surface area contributed by atoms with E-state index >= 15 is 0 Å². The molecule has 1 aliphatic rings. The number of nitrogens with zero attached hydrogens (tertiary/aromatic N) is 4. The van der Waals surface area contributed by atoms with Crippen LogP contribution in [-0.4, -0.2) is 63.7 Å². The molecule has 0 spiro atoms. The van der Waals surface area contributed by atoms with Gasteiger partial charge in [0.05, 0.1) is 49.3 Å². The van der Waals surface area contributed by atoms with Crippen molar-refractivity contribution in [2.45, 2.75) is 39.2 Å². The first kappa shape index (κ1) is 20.9. The van der Waals surface area contributed by atoms with Crippen molar-refractivity contribution < 1.29 is 23.8 Å². The van der Waals surface area contributed by atoms with Crippen LogP contribution >= 0.6 is 0 Å². The van der Waals surface area contributed by atoms with Crippen molar-refractivity contribution in [1.29, 1.82) is 0 Å². The van der Waals surface area contributed by atoms with Crippen LogP contribution in [0.2, 0.25) is 0 Å². The Kier molecular flexibility index (Phi) is 5.99. The predicted octanol–water partition coefficient (Wildman–Crippen LogP) is 1.70. The molecule has 29 heavy (non-hydrogen) atoms. The smallest absolute Gasteiger partial charge is 0.338 e. The van der Waals surface area contributed by atoms with E-state index in [1.54, 1.807) is 9.58 Å². The average molecular weight is 402 g/mol. The van der Waals surface area contributed by atoms with Crippen LogP contribution in [0.15, 0.2) is 24.5 Å². The Morgan fingerprint density at radius 3 is 2.72 bits per heavy atom. The SMILES string of the molecule is COC(=O)c1ccncc1C(=O)N(Cc1cc(C)nn1C)C[C@H]1COC(C)(C)O1. The van der Waals surface area contributed by atoms with Crippen molar-refractivity contribution in [2.24, 2.45) is 7.05 Å². The Labute approximate surface area is 169 Å². The molecule has 0 radical (unpaired) electrons. The lowest BCUT2D eigenvalue weighted by Crippen LogP contribution is -2.39. The van der Waals surface area contributed by atoms with Gasteiger partial charge in [-0.25, -0.2) is 4.79 Å². The van der Waals surface area contributed by atoms with Gasteiger partial charge in [0, 0.05) is 19.4 Å². The van der Waals surface area contributed by atoms with E-state index in [9.17, 15) is 9.59 Å². The maximum absolute atomic E-state index is 13.4. The third-order valence-electron chi connectivity index (χ3n) is 4.69. The molecule has 3 heterocycles. The number of rotatable bonds is 6. The van der Waals surface area contributed by atoms with E-state index < -0.39 is 11.8 Å². The van der Waals surface area contributed by atoms with Gasteiger partial charge >= 0.3 is 5.97 Å². The zero-order valence-electron chi connectivity index (χ0n) is 17.3. The van der Waals surface area contributed by atoms with Crippen LogP contribution in [0.5, 0.6) is 0 Å². The van der Waals surface area contributed by atoms with Gasteiger partial charge in [-0.05, 0) is 32.9 Å². The van der Waals surface area contributed by atoms with Crippen molar-refractivity contribution in [3.05, 3.63) is 47.0 Å². The van der Waals surface area contributed by atoms with Crippen molar-refractivity contribution in [2.75, 3.05) is 20.3 Å². The molecule has 0 saturated carbocycles. The number of carbonyl (C=O) groups is 2. The Hall–Kier alpha value is -2.78. The van der Waals surface area contributed by atoms with Gasteiger partial charge in [-0.15, -0.1) is 0 Å². The van der Waals surface area contributed by atoms with Crippen LogP contribution in [-0.2, 0) is 27.8 Å². The number of pyridine rings is 1. The molecule has 1 fully saturated rings. The molecule has 1 saturated heterocycles. The molecule has 3 rings (SSSR count). The number of esters is 1. The maximum atomic E-state index is 13.4. The summed E-state index contributed by atoms with van der Waals surface area (Å²) in [7, 11) is 3.10. The summed E-state index contributed by atoms with van der Waals surface area (Å²) < 4.78 is 18.1. The van der Waals surface area contributed by atoms with Gasteiger partial charge in [-0.3, -0.25) is 14.5 Å². The summed E-state index contributed by atoms with van der Waals surface area (Å²) in [5, 5.41) is 4.35. The van der Waals surface area contributed by atoms with Gasteiger partial charge in [0.25, 0.3) is 5.91 Å². The normalized spacial score (nSPS) is 17.9. The van der Waals surface area contributed by atoms with E-state index in [0.29, 0.717) is 19.7 Å². The second kappa shape index (κ2) is 8.30. The van der Waals surface area contributed by atoms with Gasteiger partial charge in [-0.1, -0.05) is 0 Å². The average Bonchev–Trinajstić information content (AvgIpc) is 3.19. The molecule has 1 aliphatic heterocycles. The molecule has 156 valence electrons. The molecular formula is C20H26N4O5. The highest BCUT2D eigenvalue weighted by atomic mass is 16.7. The first-order valence-corrected chi connectivity index (χ1v) is 9.33. The fourth-order valence-electron chi connectivity index (χ4n) is 3.35. The van der Waals surface area contributed by atoms with E-state index in [0.717, 1.165) is 11.4 Å². The minimum atomic E-state index is -0.700. The number of aryl methyl sites for hydroxylation is 2. The lowest BCUT2D eigenvalue weighted by atomic mass is 10.1. The largest absolute Gasteiger partial charge is 0.465 e. The summed E-state index contributed by atoms with van der Waals surface area (Å²) in [6.45, 7) is 6.52. The number of ether oxygens (including phenoxy) is 3. The fourth-order valence-corrected chi connectivity index (χ4v) is 3.35. The Morgan fingerprint density at radius 1 is 1.38 bits per heavy atom. The third-order valence-corrected chi connectivity index (χ3v) is 4.69. The van der Waals surface area contributed by atoms with Crippen LogP contribution in [0.1, 0.15) is 46.0 Å². The van der Waals surface area contributed by atoms with Gasteiger partial charge in [0.15, 0.2) is 5.79 Å². The summed E-state index contributed by atoms with van der Waals surface area (Å²) in [6, 6.07) is 3.39. The molecule has 0 unspecified atom stereocenters. The zero-order valence-corrected chi connectivity index (χ0v) is 17.3. The number of carbonyl (C=O) groups excluding carboxylic acids is 2. The highest BCUT2D eigenvalue weighted by molar-refractivity contribution is 6.05. The van der Waals surface area contributed by atoms with E-state index in [4.69, 9.17) is 14.2 Å². The van der Waals surface area contributed by atoms with Crippen molar-refractivity contribution >= 4 is 11.9 Å². The quantitative estimate of drug-likeness (QED) is 0.679. The summed E-state index contributed by atoms with van der Waals surface area (Å²) >= 11 is 0. The van der Waals surface area contributed by atoms with Crippen LogP contribution < -0.4 is 0 Å². The highest BCUT2D eigenvalue weighted by Gasteiger charge is 2.35. The number of amides is 1. The summed E-state index contributed by atoms with van der Waals surface area (Å²) in [6.07, 6.45) is 2.54. The van der Waals surface area contributed by atoms with Crippen LogP contribution in [0.4, 0.5) is 0 Å². The summed E-state index contributed by atoms with van der Waals surface area (Å²) in [5.41, 5.74) is 2.06. The molecule has 1 atom stereocenters. The summed E-state index contributed by atoms with van der Waals surface area (Å²) in [4.78, 5) is 31.2. The minimum absolute atomic E-state index is 0.169. The summed E-state index contributed by atoms with van der Waals surface area (Å²) in [5.74, 6) is -1.63. The topological polar surface area (TPSA) is 95.8 Å². The Bertz CT molecular complexity index is 908. The first-order valence-electron chi connectivity index (χ1n) is 9.33. The van der Waals surface area contributed by atoms with E-state index in [-0.39, 0.29) is 23.1 Å². The molecule has 2 aromatic heterocycles. The second-order valence-corrected chi connectivity index (χ2v) is 7.45. The lowest BCUT2D eigenvalue weighted by Gasteiger charge is -2.26. The number of hydrogen-bond acceptors (Lipinski definition) is 7. The first-order chi connectivity index (χ1) is 13.7. The maximum Gasteiger partial charge on any atom is 0.338 e. The fraction of sp³-hybridized carbons (Fsp3) is 0.500.